The van der Waals surface area contributed by atoms with Gasteiger partial charge in [-0.15, -0.1) is 0 Å². The summed E-state index contributed by atoms with van der Waals surface area (Å²) in [6.07, 6.45) is 6.33. The van der Waals surface area contributed by atoms with Crippen LogP contribution >= 0.6 is 11.6 Å². The fourth-order valence-corrected chi connectivity index (χ4v) is 15.7. The highest BCUT2D eigenvalue weighted by atomic mass is 35.5. The molecule has 0 saturated heterocycles. The molecule has 1 amide bonds. The topological polar surface area (TPSA) is 314 Å². The molecular formula is C111H117ClFN19O7. The van der Waals surface area contributed by atoms with Crippen LogP contribution in [0.2, 0.25) is 5.02 Å². The second kappa shape index (κ2) is 46.5. The number of hydrogen-bond donors (Lipinski definition) is 6. The van der Waals surface area contributed by atoms with Crippen LogP contribution in [-0.4, -0.2) is 188 Å². The van der Waals surface area contributed by atoms with Crippen LogP contribution in [0.4, 0.5) is 39.3 Å². The maximum Gasteiger partial charge on any atom is 0.251 e. The van der Waals surface area contributed by atoms with Gasteiger partial charge in [0.15, 0.2) is 34.9 Å². The minimum atomic E-state index is -0.353. The molecule has 0 fully saturated rings. The Bertz CT molecular complexity index is 7390. The maximum atomic E-state index is 13.5. The first-order chi connectivity index (χ1) is 67.0. The number of aromatic nitrogens is 12. The first kappa shape index (κ1) is 100. The Morgan fingerprint density at radius 1 is 0.338 bits per heavy atom. The van der Waals surface area contributed by atoms with Crippen LogP contribution in [0.25, 0.3) is 134 Å². The van der Waals surface area contributed by atoms with Crippen molar-refractivity contribution in [1.29, 1.82) is 0 Å². The van der Waals surface area contributed by atoms with Crippen molar-refractivity contribution >= 4 is 118 Å². The number of carbonyl (C=O) groups excluding carboxylic acids is 1. The third-order valence-electron chi connectivity index (χ3n) is 22.6. The predicted molar refractivity (Wildman–Crippen MR) is 565 cm³/mol. The number of phenolic OH excluding ortho intramolecular Hbond substituents is 5. The van der Waals surface area contributed by atoms with Crippen LogP contribution in [0.1, 0.15) is 86.8 Å². The summed E-state index contributed by atoms with van der Waals surface area (Å²) in [5.74, 6) is 9.10. The zero-order valence-electron chi connectivity index (χ0n) is 81.5. The largest absolute Gasteiger partial charge is 0.507 e. The number of ether oxygens (including phenoxy) is 1. The number of rotatable bonds is 23. The second-order valence-corrected chi connectivity index (χ2v) is 34.7. The Morgan fingerprint density at radius 3 is 1.04 bits per heavy atom. The Kier molecular flexibility index (Phi) is 33.6. The normalized spacial score (nSPS) is 10.8. The quantitative estimate of drug-likeness (QED) is 0.0346. The SMILES string of the molecule is CCCCN(CCCC)c1nc(-c2ccccc2O)nc2cc(Cl)ccc12.CCCNC(=O)c1ccc2nc(-c3ccccc3O)nc(N(C)C)c2c1.CCc1ccccc1-c1nc(N(C)C)c2cc(C)ccc2n1.CN(C)c1nc(-c2ccccc2O)nc2cc(F)ccc12.COc1ccc2c(N(C)C)nc(-c3ccccc3O)nc2c1.Cc1ccc2nc(-c3ccccc3O)nc(N(C)C)c2c1. The Morgan fingerprint density at radius 2 is 0.662 bits per heavy atom. The van der Waals surface area contributed by atoms with Crippen molar-refractivity contribution in [1.82, 2.24) is 65.1 Å². The number of para-hydroxylation sites is 5. The van der Waals surface area contributed by atoms with Crippen LogP contribution in [0, 0.1) is 19.7 Å². The Hall–Kier alpha value is -16.0. The molecule has 0 saturated carbocycles. The van der Waals surface area contributed by atoms with Crippen molar-refractivity contribution < 1.29 is 39.5 Å². The standard InChI is InChI=1S/C22H26ClN3O.C20H22N4O2.C19H21N3.C17H17N3O2.C17H17N3O.C16H14FN3O/c1-3-5-13-26(14-6-4-2)22-17-12-11-16(23)15-19(17)24-21(25-22)18-9-7-8-10-20(18)27;1-4-11-21-20(26)13-9-10-16-15(12-13)19(24(2)3)23-18(22-16)14-7-5-6-8-17(14)25;1-5-14-8-6-7-9-15(14)18-20-17-11-10-13(2)12-16(17)19(21-18)22(3)4;1-20(2)17-12-9-8-11(22-3)10-14(12)18-16(19-17)13-6-4-5-7-15(13)21;1-11-8-9-14-13(10-11)17(20(2)3)19-16(18-14)12-6-4-5-7-15(12)21;1-20(2)16-11-8-7-10(17)9-13(11)18-15(19-16)12-5-3-4-6-14(12)21/h7-12,15,27H,3-6,13-14H2,1-2H3;5-10,12,25H,4,11H2,1-3H3,(H,21,26);6-12H,5H2,1-4H3;4-10,21H,1-3H3;4-10,21H,1-3H3;3-9,21H,1-2H3. The lowest BCUT2D eigenvalue weighted by molar-refractivity contribution is 0.0953. The number of nitrogens with zero attached hydrogens (tertiary/aromatic N) is 18. The Labute approximate surface area is 814 Å². The van der Waals surface area contributed by atoms with E-state index in [9.17, 15) is 34.7 Å². The summed E-state index contributed by atoms with van der Waals surface area (Å²) in [6, 6.07) is 77.2. The molecule has 18 rings (SSSR count). The van der Waals surface area contributed by atoms with E-state index in [2.05, 4.69) is 137 Å². The van der Waals surface area contributed by atoms with Gasteiger partial charge in [-0.3, -0.25) is 4.79 Å². The van der Waals surface area contributed by atoms with Gasteiger partial charge in [-0.2, -0.15) is 0 Å². The van der Waals surface area contributed by atoms with E-state index in [0.29, 0.717) is 96.7 Å². The van der Waals surface area contributed by atoms with Gasteiger partial charge in [0.05, 0.1) is 68.0 Å². The molecule has 12 aromatic carbocycles. The highest BCUT2D eigenvalue weighted by molar-refractivity contribution is 6.31. The van der Waals surface area contributed by atoms with E-state index in [1.54, 1.807) is 104 Å². The smallest absolute Gasteiger partial charge is 0.251 e. The summed E-state index contributed by atoms with van der Waals surface area (Å²) in [5.41, 5.74) is 13.0. The minimum Gasteiger partial charge on any atom is -0.507 e. The molecule has 0 unspecified atom stereocenters. The van der Waals surface area contributed by atoms with Crippen molar-refractivity contribution in [3.05, 3.63) is 288 Å². The molecule has 0 atom stereocenters. The predicted octanol–water partition coefficient (Wildman–Crippen LogP) is 23.2. The van der Waals surface area contributed by atoms with Gasteiger partial charge in [-0.1, -0.05) is 160 Å². The molecule has 18 aromatic rings. The number of unbranched alkanes of at least 4 members (excludes halogenated alkanes) is 2. The third kappa shape index (κ3) is 24.4. The molecule has 26 nitrogen and oxygen atoms in total. The summed E-state index contributed by atoms with van der Waals surface area (Å²) in [7, 11) is 21.0. The fourth-order valence-electron chi connectivity index (χ4n) is 15.5. The van der Waals surface area contributed by atoms with E-state index in [4.69, 9.17) is 31.3 Å². The van der Waals surface area contributed by atoms with E-state index >= 15 is 0 Å². The lowest BCUT2D eigenvalue weighted by Crippen LogP contribution is -2.27. The van der Waals surface area contributed by atoms with E-state index < -0.39 is 0 Å². The number of nitrogens with one attached hydrogen (secondary N) is 1. The first-order valence-corrected chi connectivity index (χ1v) is 46.4. The van der Waals surface area contributed by atoms with Gasteiger partial charge in [-0.05, 0) is 191 Å². The molecule has 139 heavy (non-hydrogen) atoms. The molecule has 712 valence electrons. The lowest BCUT2D eigenvalue weighted by Gasteiger charge is -2.25. The molecule has 6 heterocycles. The highest BCUT2D eigenvalue weighted by Gasteiger charge is 2.24. The zero-order chi connectivity index (χ0) is 99.3. The molecule has 0 aliphatic carbocycles. The van der Waals surface area contributed by atoms with Crippen molar-refractivity contribution in [2.45, 2.75) is 80.1 Å². The molecule has 28 heteroatoms. The second-order valence-electron chi connectivity index (χ2n) is 34.2. The van der Waals surface area contributed by atoms with E-state index in [-0.39, 0.29) is 40.5 Å². The summed E-state index contributed by atoms with van der Waals surface area (Å²) in [6.45, 7) is 15.3. The van der Waals surface area contributed by atoms with Gasteiger partial charge in [-0.25, -0.2) is 64.2 Å². The number of amides is 1. The summed E-state index contributed by atoms with van der Waals surface area (Å²) < 4.78 is 18.7. The van der Waals surface area contributed by atoms with Crippen molar-refractivity contribution in [3.8, 4) is 103 Å². The Balaban J connectivity index is 0.000000141. The van der Waals surface area contributed by atoms with Crippen LogP contribution in [0.15, 0.2) is 255 Å². The number of halogens is 2. The summed E-state index contributed by atoms with van der Waals surface area (Å²) >= 11 is 6.22. The zero-order valence-corrected chi connectivity index (χ0v) is 82.2. The molecule has 0 spiro atoms. The number of fused-ring (bicyclic) bond motifs is 6. The number of carbonyl (C=O) groups is 1. The average molecular weight is 1880 g/mol. The lowest BCUT2D eigenvalue weighted by atomic mass is 10.0. The minimum absolute atomic E-state index is 0.0953. The van der Waals surface area contributed by atoms with Crippen LogP contribution in [0.3, 0.4) is 0 Å². The molecule has 6 aromatic heterocycles. The summed E-state index contributed by atoms with van der Waals surface area (Å²) in [5, 5.41) is 59.5. The van der Waals surface area contributed by atoms with Crippen molar-refractivity contribution in [2.24, 2.45) is 0 Å². The van der Waals surface area contributed by atoms with Crippen LogP contribution < -0.4 is 39.5 Å². The van der Waals surface area contributed by atoms with Crippen molar-refractivity contribution in [2.75, 3.05) is 127 Å². The fraction of sp³-hybridized carbons (Fsp3) is 0.234. The number of anilines is 6. The van der Waals surface area contributed by atoms with E-state index in [1.807, 2.05) is 200 Å². The number of phenols is 5. The van der Waals surface area contributed by atoms with E-state index in [0.717, 1.165) is 146 Å². The van der Waals surface area contributed by atoms with Gasteiger partial charge in [0.25, 0.3) is 5.91 Å². The number of aryl methyl sites for hydroxylation is 3. The van der Waals surface area contributed by atoms with Gasteiger partial charge in [0, 0.05) is 151 Å². The van der Waals surface area contributed by atoms with Crippen LogP contribution in [0.5, 0.6) is 34.5 Å². The third-order valence-corrected chi connectivity index (χ3v) is 22.9. The molecule has 0 aliphatic rings. The number of aromatic hydroxyl groups is 5. The highest BCUT2D eigenvalue weighted by Crippen LogP contribution is 2.40. The molecule has 0 aliphatic heterocycles. The van der Waals surface area contributed by atoms with Gasteiger partial charge < -0.3 is 65.0 Å². The number of benzene rings is 12. The van der Waals surface area contributed by atoms with E-state index in [1.165, 1.54) is 28.8 Å². The molecule has 6 N–H and O–H groups in total. The number of hydrogen-bond acceptors (Lipinski definition) is 25. The van der Waals surface area contributed by atoms with Gasteiger partial charge >= 0.3 is 0 Å². The van der Waals surface area contributed by atoms with Gasteiger partial charge in [0.2, 0.25) is 0 Å². The monoisotopic (exact) mass is 1880 g/mol. The van der Waals surface area contributed by atoms with Gasteiger partial charge in [0.1, 0.15) is 75.2 Å². The molecular weight excluding hydrogens is 1770 g/mol. The van der Waals surface area contributed by atoms with Crippen LogP contribution in [-0.2, 0) is 6.42 Å². The maximum absolute atomic E-state index is 13.5. The summed E-state index contributed by atoms with van der Waals surface area (Å²) in [4.78, 5) is 79.9. The molecule has 0 radical (unpaired) electrons. The first-order valence-electron chi connectivity index (χ1n) is 46.1. The van der Waals surface area contributed by atoms with Crippen molar-refractivity contribution in [3.63, 3.8) is 0 Å². The number of methoxy groups -OCH3 is 1. The molecule has 0 bridgehead atoms. The average Bonchev–Trinajstić information content (AvgIpc) is 0.812.